The number of pyridine rings is 2. The van der Waals surface area contributed by atoms with Crippen LogP contribution in [0, 0.1) is 0 Å². The van der Waals surface area contributed by atoms with Crippen molar-refractivity contribution >= 4 is 27.4 Å². The first-order valence-corrected chi connectivity index (χ1v) is 6.15. The van der Waals surface area contributed by atoms with Crippen LogP contribution in [-0.2, 0) is 0 Å². The highest BCUT2D eigenvalue weighted by atomic mass is 32.1. The van der Waals surface area contributed by atoms with Gasteiger partial charge in [-0.1, -0.05) is 0 Å². The van der Waals surface area contributed by atoms with Crippen LogP contribution in [0.3, 0.4) is 0 Å². The summed E-state index contributed by atoms with van der Waals surface area (Å²) in [5, 5.41) is 12.0. The van der Waals surface area contributed by atoms with Crippen molar-refractivity contribution in [2.45, 2.75) is 0 Å². The summed E-state index contributed by atoms with van der Waals surface area (Å²) in [6.45, 7) is 0. The van der Waals surface area contributed by atoms with Crippen molar-refractivity contribution < 1.29 is 9.90 Å². The molecule has 0 fully saturated rings. The molecule has 0 unspecified atom stereocenters. The molecule has 1 N–H and O–H groups in total. The van der Waals surface area contributed by atoms with E-state index in [4.69, 9.17) is 0 Å². The second-order valence-corrected chi connectivity index (χ2v) is 4.64. The first kappa shape index (κ1) is 10.9. The maximum absolute atomic E-state index is 11.2. The van der Waals surface area contributed by atoms with Crippen LogP contribution in [0.2, 0.25) is 0 Å². The average molecular weight is 256 g/mol. The van der Waals surface area contributed by atoms with Gasteiger partial charge in [0.25, 0.3) is 0 Å². The van der Waals surface area contributed by atoms with Crippen molar-refractivity contribution in [2.75, 3.05) is 0 Å². The molecule has 18 heavy (non-hydrogen) atoms. The molecule has 0 bridgehead atoms. The van der Waals surface area contributed by atoms with Crippen LogP contribution in [0.1, 0.15) is 10.4 Å². The first-order valence-electron chi connectivity index (χ1n) is 5.27. The molecule has 4 nitrogen and oxygen atoms in total. The van der Waals surface area contributed by atoms with Gasteiger partial charge in [-0.2, -0.15) is 0 Å². The van der Waals surface area contributed by atoms with Crippen LogP contribution in [-0.4, -0.2) is 21.0 Å². The third-order valence-corrected chi connectivity index (χ3v) is 3.63. The molecule has 0 aromatic carbocycles. The van der Waals surface area contributed by atoms with Gasteiger partial charge >= 0.3 is 5.97 Å². The van der Waals surface area contributed by atoms with Gasteiger partial charge in [0, 0.05) is 39.6 Å². The molecule has 3 heterocycles. The van der Waals surface area contributed by atoms with Crippen molar-refractivity contribution in [3.05, 3.63) is 47.7 Å². The van der Waals surface area contributed by atoms with Crippen molar-refractivity contribution in [1.82, 2.24) is 9.97 Å². The molecular weight excluding hydrogens is 248 g/mol. The van der Waals surface area contributed by atoms with E-state index in [0.717, 1.165) is 15.6 Å². The Bertz CT molecular complexity index is 736. The van der Waals surface area contributed by atoms with Gasteiger partial charge in [-0.3, -0.25) is 9.97 Å². The average Bonchev–Trinajstić information content (AvgIpc) is 2.82. The molecule has 0 aliphatic heterocycles. The summed E-state index contributed by atoms with van der Waals surface area (Å²) in [4.78, 5) is 19.5. The lowest BCUT2D eigenvalue weighted by atomic mass is 10.1. The molecule has 0 aliphatic rings. The predicted molar refractivity (Wildman–Crippen MR) is 69.8 cm³/mol. The monoisotopic (exact) mass is 256 g/mol. The van der Waals surface area contributed by atoms with Crippen LogP contribution in [0.5, 0.6) is 0 Å². The summed E-state index contributed by atoms with van der Waals surface area (Å²) in [5.41, 5.74) is 1.52. The van der Waals surface area contributed by atoms with E-state index in [0.29, 0.717) is 5.69 Å². The van der Waals surface area contributed by atoms with Crippen LogP contribution < -0.4 is 0 Å². The van der Waals surface area contributed by atoms with Gasteiger partial charge in [-0.25, -0.2) is 4.79 Å². The van der Waals surface area contributed by atoms with Gasteiger partial charge in [0.1, 0.15) is 0 Å². The number of carbonyl (C=O) groups is 1. The second-order valence-electron chi connectivity index (χ2n) is 3.73. The van der Waals surface area contributed by atoms with Gasteiger partial charge in [0.05, 0.1) is 11.3 Å². The fourth-order valence-electron chi connectivity index (χ4n) is 1.85. The maximum atomic E-state index is 11.2. The maximum Gasteiger partial charge on any atom is 0.337 e. The largest absolute Gasteiger partial charge is 0.478 e. The van der Waals surface area contributed by atoms with Crippen molar-refractivity contribution in [2.24, 2.45) is 0 Å². The predicted octanol–water partition coefficient (Wildman–Crippen LogP) is 3.06. The highest BCUT2D eigenvalue weighted by Crippen LogP contribution is 2.33. The summed E-state index contributed by atoms with van der Waals surface area (Å²) < 4.78 is 1.07. The fourth-order valence-corrected chi connectivity index (χ4v) is 2.76. The van der Waals surface area contributed by atoms with E-state index in [9.17, 15) is 9.90 Å². The highest BCUT2D eigenvalue weighted by molar-refractivity contribution is 7.17. The fraction of sp³-hybridized carbons (Fsp3) is 0. The Balaban J connectivity index is 2.30. The first-order chi connectivity index (χ1) is 8.77. The number of rotatable bonds is 2. The number of carboxylic acid groups (broad SMARTS) is 1. The summed E-state index contributed by atoms with van der Waals surface area (Å²) in [6.07, 6.45) is 5.06. The smallest absolute Gasteiger partial charge is 0.337 e. The number of fused-ring (bicyclic) bond motifs is 1. The van der Waals surface area contributed by atoms with Gasteiger partial charge in [-0.05, 0) is 18.2 Å². The molecule has 3 rings (SSSR count). The zero-order chi connectivity index (χ0) is 12.5. The SMILES string of the molecule is O=C(O)c1cccnc1-c1csc2ccncc12. The van der Waals surface area contributed by atoms with Crippen LogP contribution in [0.4, 0.5) is 0 Å². The molecule has 3 aromatic rings. The van der Waals surface area contributed by atoms with Gasteiger partial charge in [-0.15, -0.1) is 11.3 Å². The molecule has 0 spiro atoms. The third kappa shape index (κ3) is 1.65. The number of aromatic nitrogens is 2. The lowest BCUT2D eigenvalue weighted by molar-refractivity contribution is 0.0697. The topological polar surface area (TPSA) is 63.1 Å². The molecule has 0 amide bonds. The van der Waals surface area contributed by atoms with Crippen LogP contribution >= 0.6 is 11.3 Å². The molecule has 5 heteroatoms. The molecule has 3 aromatic heterocycles. The molecular formula is C13H8N2O2S. The Morgan fingerprint density at radius 1 is 1.28 bits per heavy atom. The number of thiophene rings is 1. The molecule has 88 valence electrons. The zero-order valence-corrected chi connectivity index (χ0v) is 10.0. The minimum Gasteiger partial charge on any atom is -0.478 e. The summed E-state index contributed by atoms with van der Waals surface area (Å²) in [6, 6.07) is 5.09. The second kappa shape index (κ2) is 4.19. The summed E-state index contributed by atoms with van der Waals surface area (Å²) in [7, 11) is 0. The molecule has 0 saturated heterocycles. The normalized spacial score (nSPS) is 10.7. The Hall–Kier alpha value is -2.27. The van der Waals surface area contributed by atoms with E-state index < -0.39 is 5.97 Å². The van der Waals surface area contributed by atoms with Gasteiger partial charge in [0.2, 0.25) is 0 Å². The van der Waals surface area contributed by atoms with Gasteiger partial charge in [0.15, 0.2) is 0 Å². The Morgan fingerprint density at radius 2 is 2.17 bits per heavy atom. The van der Waals surface area contributed by atoms with E-state index in [1.54, 1.807) is 42.1 Å². The molecule has 0 aliphatic carbocycles. The Kier molecular flexibility index (Phi) is 2.53. The van der Waals surface area contributed by atoms with E-state index in [1.807, 2.05) is 11.4 Å². The van der Waals surface area contributed by atoms with Crippen molar-refractivity contribution in [1.29, 1.82) is 0 Å². The lowest BCUT2D eigenvalue weighted by Crippen LogP contribution is -2.00. The van der Waals surface area contributed by atoms with Crippen LogP contribution in [0.25, 0.3) is 21.3 Å². The van der Waals surface area contributed by atoms with Crippen LogP contribution in [0.15, 0.2) is 42.2 Å². The van der Waals surface area contributed by atoms with E-state index in [2.05, 4.69) is 9.97 Å². The van der Waals surface area contributed by atoms with Crippen molar-refractivity contribution in [3.63, 3.8) is 0 Å². The van der Waals surface area contributed by atoms with Gasteiger partial charge < -0.3 is 5.11 Å². The zero-order valence-electron chi connectivity index (χ0n) is 9.20. The number of hydrogen-bond acceptors (Lipinski definition) is 4. The highest BCUT2D eigenvalue weighted by Gasteiger charge is 2.15. The number of nitrogens with zero attached hydrogens (tertiary/aromatic N) is 2. The third-order valence-electron chi connectivity index (χ3n) is 2.67. The van der Waals surface area contributed by atoms with E-state index in [-0.39, 0.29) is 5.56 Å². The lowest BCUT2D eigenvalue weighted by Gasteiger charge is -2.03. The number of carboxylic acids is 1. The molecule has 0 saturated carbocycles. The van der Waals surface area contributed by atoms with Crippen molar-refractivity contribution in [3.8, 4) is 11.3 Å². The number of aromatic carboxylic acids is 1. The number of hydrogen-bond donors (Lipinski definition) is 1. The van der Waals surface area contributed by atoms with E-state index in [1.165, 1.54) is 0 Å². The standard InChI is InChI=1S/C13H8N2O2S/c16-13(17)8-2-1-4-15-12(8)10-7-18-11-3-5-14-6-9(10)11/h1-7H,(H,16,17). The minimum absolute atomic E-state index is 0.209. The summed E-state index contributed by atoms with van der Waals surface area (Å²) >= 11 is 1.56. The Morgan fingerprint density at radius 3 is 3.00 bits per heavy atom. The molecule has 0 atom stereocenters. The Labute approximate surface area is 107 Å². The van der Waals surface area contributed by atoms with E-state index >= 15 is 0 Å². The quantitative estimate of drug-likeness (QED) is 0.765. The molecule has 0 radical (unpaired) electrons. The minimum atomic E-state index is -0.971. The summed E-state index contributed by atoms with van der Waals surface area (Å²) in [5.74, 6) is -0.971.